The fourth-order valence-corrected chi connectivity index (χ4v) is 3.68. The minimum absolute atomic E-state index is 0.0951. The molecule has 2 aromatic carbocycles. The molecule has 0 bridgehead atoms. The number of methoxy groups -OCH3 is 1. The summed E-state index contributed by atoms with van der Waals surface area (Å²) in [7, 11) is -2.14. The third kappa shape index (κ3) is 4.96. The van der Waals surface area contributed by atoms with Gasteiger partial charge in [-0.25, -0.2) is 13.1 Å². The van der Waals surface area contributed by atoms with Crippen molar-refractivity contribution in [3.63, 3.8) is 0 Å². The third-order valence-corrected chi connectivity index (χ3v) is 5.13. The van der Waals surface area contributed by atoms with Crippen molar-refractivity contribution in [2.75, 3.05) is 18.2 Å². The second kappa shape index (κ2) is 7.35. The fourth-order valence-electron chi connectivity index (χ4n) is 2.26. The number of nitrogens with two attached hydrogens (primary N) is 1. The molecule has 7 nitrogen and oxygen atoms in total. The summed E-state index contributed by atoms with van der Waals surface area (Å²) < 4.78 is 32.2. The molecule has 0 saturated carbocycles. The molecule has 1 amide bonds. The van der Waals surface area contributed by atoms with E-state index < -0.39 is 15.6 Å². The molecule has 0 spiro atoms. The molecule has 4 N–H and O–H groups in total. The van der Waals surface area contributed by atoms with Gasteiger partial charge in [0, 0.05) is 16.8 Å². The van der Waals surface area contributed by atoms with Crippen LogP contribution in [0.4, 0.5) is 11.4 Å². The van der Waals surface area contributed by atoms with Crippen molar-refractivity contribution in [1.29, 1.82) is 0 Å². The Morgan fingerprint density at radius 3 is 2.19 bits per heavy atom. The number of carbonyl (C=O) groups excluding carboxylic acids is 1. The summed E-state index contributed by atoms with van der Waals surface area (Å²) in [4.78, 5) is 12.4. The first-order valence-corrected chi connectivity index (χ1v) is 9.39. The van der Waals surface area contributed by atoms with E-state index in [9.17, 15) is 13.2 Å². The first-order valence-electron chi connectivity index (χ1n) is 7.91. The SMILES string of the molecule is COc1ccc(NC(=O)c2ccc(S(=O)(=O)NC(C)(C)C)cc2)cc1N. The number of anilines is 2. The number of carbonyl (C=O) groups is 1. The number of rotatable bonds is 5. The van der Waals surface area contributed by atoms with E-state index in [0.717, 1.165) is 0 Å². The van der Waals surface area contributed by atoms with Gasteiger partial charge in [0.2, 0.25) is 10.0 Å². The standard InChI is InChI=1S/C18H23N3O4S/c1-18(2,3)21-26(23,24)14-8-5-12(6-9-14)17(22)20-13-7-10-16(25-4)15(19)11-13/h5-11,21H,19H2,1-4H3,(H,20,22). The molecule has 140 valence electrons. The predicted octanol–water partition coefficient (Wildman–Crippen LogP) is 2.61. The van der Waals surface area contributed by atoms with Crippen LogP contribution in [0.25, 0.3) is 0 Å². The highest BCUT2D eigenvalue weighted by molar-refractivity contribution is 7.89. The molecule has 0 aromatic heterocycles. The second-order valence-electron chi connectivity index (χ2n) is 6.79. The van der Waals surface area contributed by atoms with Gasteiger partial charge in [-0.1, -0.05) is 0 Å². The molecule has 0 aliphatic rings. The van der Waals surface area contributed by atoms with Crippen LogP contribution in [0.5, 0.6) is 5.75 Å². The summed E-state index contributed by atoms with van der Waals surface area (Å²) >= 11 is 0. The van der Waals surface area contributed by atoms with E-state index in [1.165, 1.54) is 31.4 Å². The zero-order valence-corrected chi connectivity index (χ0v) is 16.0. The molecule has 0 aliphatic carbocycles. The molecule has 26 heavy (non-hydrogen) atoms. The van der Waals surface area contributed by atoms with Crippen molar-refractivity contribution < 1.29 is 17.9 Å². The van der Waals surface area contributed by atoms with Gasteiger partial charge in [0.1, 0.15) is 5.75 Å². The lowest BCUT2D eigenvalue weighted by Gasteiger charge is -2.20. The number of amides is 1. The van der Waals surface area contributed by atoms with E-state index in [2.05, 4.69) is 10.0 Å². The molecular weight excluding hydrogens is 354 g/mol. The van der Waals surface area contributed by atoms with Crippen LogP contribution in [-0.4, -0.2) is 27.0 Å². The fraction of sp³-hybridized carbons (Fsp3) is 0.278. The maximum atomic E-state index is 12.3. The van der Waals surface area contributed by atoms with Crippen LogP contribution < -0.4 is 20.5 Å². The lowest BCUT2D eigenvalue weighted by atomic mass is 10.1. The van der Waals surface area contributed by atoms with E-state index in [-0.39, 0.29) is 10.8 Å². The summed E-state index contributed by atoms with van der Waals surface area (Å²) in [6.45, 7) is 5.27. The average molecular weight is 377 g/mol. The minimum Gasteiger partial charge on any atom is -0.495 e. The number of nitrogens with one attached hydrogen (secondary N) is 2. The number of hydrogen-bond donors (Lipinski definition) is 3. The van der Waals surface area contributed by atoms with E-state index >= 15 is 0 Å². The largest absolute Gasteiger partial charge is 0.495 e. The number of benzene rings is 2. The minimum atomic E-state index is -3.64. The summed E-state index contributed by atoms with van der Waals surface area (Å²) in [6.07, 6.45) is 0. The maximum Gasteiger partial charge on any atom is 0.255 e. The Bertz CT molecular complexity index is 901. The van der Waals surface area contributed by atoms with Gasteiger partial charge in [0.05, 0.1) is 17.7 Å². The van der Waals surface area contributed by atoms with Crippen LogP contribution in [0, 0.1) is 0 Å². The van der Waals surface area contributed by atoms with Gasteiger partial charge < -0.3 is 15.8 Å². The van der Waals surface area contributed by atoms with Crippen molar-refractivity contribution in [2.24, 2.45) is 0 Å². The number of nitrogen functional groups attached to an aromatic ring is 1. The molecule has 0 heterocycles. The van der Waals surface area contributed by atoms with Crippen LogP contribution in [0.15, 0.2) is 47.4 Å². The van der Waals surface area contributed by atoms with Crippen molar-refractivity contribution in [3.8, 4) is 5.75 Å². The highest BCUT2D eigenvalue weighted by Gasteiger charge is 2.22. The van der Waals surface area contributed by atoms with Gasteiger partial charge in [-0.15, -0.1) is 0 Å². The Morgan fingerprint density at radius 1 is 1.08 bits per heavy atom. The Labute approximate surface area is 153 Å². The first-order chi connectivity index (χ1) is 12.0. The Morgan fingerprint density at radius 2 is 1.69 bits per heavy atom. The highest BCUT2D eigenvalue weighted by atomic mass is 32.2. The second-order valence-corrected chi connectivity index (χ2v) is 8.47. The zero-order valence-electron chi connectivity index (χ0n) is 15.2. The van der Waals surface area contributed by atoms with Gasteiger partial charge in [0.25, 0.3) is 5.91 Å². The van der Waals surface area contributed by atoms with Crippen molar-refractivity contribution in [2.45, 2.75) is 31.2 Å². The van der Waals surface area contributed by atoms with Gasteiger partial charge in [0.15, 0.2) is 0 Å². The molecule has 0 radical (unpaired) electrons. The van der Waals surface area contributed by atoms with Crippen molar-refractivity contribution in [3.05, 3.63) is 48.0 Å². The first kappa shape index (κ1) is 19.7. The monoisotopic (exact) mass is 377 g/mol. The highest BCUT2D eigenvalue weighted by Crippen LogP contribution is 2.25. The normalized spacial score (nSPS) is 11.8. The third-order valence-electron chi connectivity index (χ3n) is 3.35. The smallest absolute Gasteiger partial charge is 0.255 e. The average Bonchev–Trinajstić information content (AvgIpc) is 2.53. The number of sulfonamides is 1. The lowest BCUT2D eigenvalue weighted by molar-refractivity contribution is 0.102. The lowest BCUT2D eigenvalue weighted by Crippen LogP contribution is -2.40. The van der Waals surface area contributed by atoms with Crippen molar-refractivity contribution in [1.82, 2.24) is 4.72 Å². The number of ether oxygens (including phenoxy) is 1. The Balaban J connectivity index is 2.15. The van der Waals surface area contributed by atoms with Gasteiger partial charge in [-0.05, 0) is 63.2 Å². The Kier molecular flexibility index (Phi) is 5.58. The zero-order chi connectivity index (χ0) is 19.5. The summed E-state index contributed by atoms with van der Waals surface area (Å²) in [5.74, 6) is 0.145. The van der Waals surface area contributed by atoms with E-state index in [0.29, 0.717) is 22.7 Å². The molecule has 0 aliphatic heterocycles. The molecule has 0 atom stereocenters. The summed E-state index contributed by atoms with van der Waals surface area (Å²) in [6, 6.07) is 10.6. The van der Waals surface area contributed by atoms with Gasteiger partial charge in [-0.2, -0.15) is 0 Å². The topological polar surface area (TPSA) is 111 Å². The van der Waals surface area contributed by atoms with Crippen LogP contribution in [0.3, 0.4) is 0 Å². The van der Waals surface area contributed by atoms with Crippen molar-refractivity contribution >= 4 is 27.3 Å². The molecule has 2 rings (SSSR count). The van der Waals surface area contributed by atoms with Crippen LogP contribution in [0.1, 0.15) is 31.1 Å². The quantitative estimate of drug-likeness (QED) is 0.694. The van der Waals surface area contributed by atoms with Crippen LogP contribution >= 0.6 is 0 Å². The molecule has 8 heteroatoms. The predicted molar refractivity (Wildman–Crippen MR) is 102 cm³/mol. The molecule has 0 unspecified atom stereocenters. The molecule has 2 aromatic rings. The number of hydrogen-bond acceptors (Lipinski definition) is 5. The van der Waals surface area contributed by atoms with E-state index in [1.54, 1.807) is 39.0 Å². The Hall–Kier alpha value is -2.58. The molecule has 0 fully saturated rings. The van der Waals surface area contributed by atoms with Gasteiger partial charge >= 0.3 is 0 Å². The van der Waals surface area contributed by atoms with Gasteiger partial charge in [-0.3, -0.25) is 4.79 Å². The molecule has 0 saturated heterocycles. The van der Waals surface area contributed by atoms with E-state index in [4.69, 9.17) is 10.5 Å². The maximum absolute atomic E-state index is 12.3. The molecular formula is C18H23N3O4S. The summed E-state index contributed by atoms with van der Waals surface area (Å²) in [5, 5.41) is 2.71. The van der Waals surface area contributed by atoms with Crippen LogP contribution in [0.2, 0.25) is 0 Å². The summed E-state index contributed by atoms with van der Waals surface area (Å²) in [5.41, 5.74) is 6.46. The van der Waals surface area contributed by atoms with Crippen LogP contribution in [-0.2, 0) is 10.0 Å². The van der Waals surface area contributed by atoms with E-state index in [1.807, 2.05) is 0 Å².